The molecule has 154 valence electrons. The van der Waals surface area contributed by atoms with Crippen LogP contribution in [0.1, 0.15) is 49.2 Å². The second-order valence-electron chi connectivity index (χ2n) is 7.80. The first kappa shape index (κ1) is 19.7. The molecule has 1 aliphatic heterocycles. The molecule has 1 N–H and O–H groups in total. The van der Waals surface area contributed by atoms with Crippen LogP contribution in [0.25, 0.3) is 11.3 Å². The SMILES string of the molecule is Fc1cc(Br)ccc1-c1ccc([C@H]2[C@@H](c3ccccn3)NC(=S)N2C2CCCC2)o1. The van der Waals surface area contributed by atoms with Crippen LogP contribution < -0.4 is 5.32 Å². The summed E-state index contributed by atoms with van der Waals surface area (Å²) in [6, 6.07) is 14.8. The molecule has 0 unspecified atom stereocenters. The van der Waals surface area contributed by atoms with Gasteiger partial charge in [0.2, 0.25) is 0 Å². The Labute approximate surface area is 188 Å². The van der Waals surface area contributed by atoms with Crippen LogP contribution in [0.15, 0.2) is 63.6 Å². The second-order valence-corrected chi connectivity index (χ2v) is 9.10. The third-order valence-corrected chi connectivity index (χ3v) is 6.79. The minimum absolute atomic E-state index is 0.118. The van der Waals surface area contributed by atoms with Crippen LogP contribution in [-0.2, 0) is 0 Å². The zero-order valence-corrected chi connectivity index (χ0v) is 18.6. The Morgan fingerprint density at radius 3 is 2.70 bits per heavy atom. The second kappa shape index (κ2) is 8.12. The van der Waals surface area contributed by atoms with E-state index in [0.717, 1.165) is 29.4 Å². The molecule has 3 aromatic rings. The van der Waals surface area contributed by atoms with E-state index < -0.39 is 0 Å². The predicted octanol–water partition coefficient (Wildman–Crippen LogP) is 6.16. The summed E-state index contributed by atoms with van der Waals surface area (Å²) in [5, 5.41) is 4.20. The number of hydrogen-bond acceptors (Lipinski definition) is 3. The van der Waals surface area contributed by atoms with Gasteiger partial charge in [-0.2, -0.15) is 0 Å². The molecule has 0 amide bonds. The normalized spacial score (nSPS) is 21.9. The van der Waals surface area contributed by atoms with Crippen molar-refractivity contribution in [2.45, 2.75) is 43.8 Å². The van der Waals surface area contributed by atoms with Crippen LogP contribution >= 0.6 is 28.1 Å². The quantitative estimate of drug-likeness (QED) is 0.448. The number of benzene rings is 1. The molecule has 7 heteroatoms. The van der Waals surface area contributed by atoms with E-state index in [2.05, 4.69) is 31.1 Å². The maximum Gasteiger partial charge on any atom is 0.170 e. The molecule has 2 aliphatic rings. The molecule has 2 atom stereocenters. The van der Waals surface area contributed by atoms with Crippen molar-refractivity contribution < 1.29 is 8.81 Å². The summed E-state index contributed by atoms with van der Waals surface area (Å²) >= 11 is 9.05. The van der Waals surface area contributed by atoms with E-state index in [1.165, 1.54) is 18.9 Å². The zero-order chi connectivity index (χ0) is 20.7. The maximum absolute atomic E-state index is 14.5. The molecule has 1 aromatic carbocycles. The summed E-state index contributed by atoms with van der Waals surface area (Å²) in [4.78, 5) is 6.85. The minimum Gasteiger partial charge on any atom is -0.459 e. The third kappa shape index (κ3) is 3.54. The summed E-state index contributed by atoms with van der Waals surface area (Å²) in [7, 11) is 0. The van der Waals surface area contributed by atoms with Crippen LogP contribution in [0.4, 0.5) is 4.39 Å². The molecule has 4 nitrogen and oxygen atoms in total. The van der Waals surface area contributed by atoms with Gasteiger partial charge in [0.25, 0.3) is 0 Å². The average molecular weight is 486 g/mol. The number of nitrogens with zero attached hydrogens (tertiary/aromatic N) is 2. The molecule has 0 radical (unpaired) electrons. The number of thiocarbonyl (C=S) groups is 1. The highest BCUT2D eigenvalue weighted by Crippen LogP contribution is 2.44. The average Bonchev–Trinajstić information content (AvgIpc) is 3.48. The first-order chi connectivity index (χ1) is 14.6. The lowest BCUT2D eigenvalue weighted by atomic mass is 10.0. The summed E-state index contributed by atoms with van der Waals surface area (Å²) in [5.41, 5.74) is 1.36. The summed E-state index contributed by atoms with van der Waals surface area (Å²) in [5.74, 6) is 0.959. The highest BCUT2D eigenvalue weighted by molar-refractivity contribution is 9.10. The fourth-order valence-electron chi connectivity index (χ4n) is 4.59. The Hall–Kier alpha value is -2.25. The van der Waals surface area contributed by atoms with Gasteiger partial charge >= 0.3 is 0 Å². The van der Waals surface area contributed by atoms with Crippen LogP contribution in [0.2, 0.25) is 0 Å². The van der Waals surface area contributed by atoms with Crippen molar-refractivity contribution in [3.8, 4) is 11.3 Å². The molecule has 2 aromatic heterocycles. The van der Waals surface area contributed by atoms with E-state index in [9.17, 15) is 4.39 Å². The van der Waals surface area contributed by atoms with Crippen LogP contribution in [0.5, 0.6) is 0 Å². The van der Waals surface area contributed by atoms with Crippen molar-refractivity contribution in [3.63, 3.8) is 0 Å². The van der Waals surface area contributed by atoms with Gasteiger partial charge in [-0.25, -0.2) is 4.39 Å². The van der Waals surface area contributed by atoms with Crippen molar-refractivity contribution in [3.05, 3.63) is 76.5 Å². The lowest BCUT2D eigenvalue weighted by Gasteiger charge is -2.31. The molecule has 1 saturated heterocycles. The van der Waals surface area contributed by atoms with E-state index in [4.69, 9.17) is 16.6 Å². The highest BCUT2D eigenvalue weighted by atomic mass is 79.9. The summed E-state index contributed by atoms with van der Waals surface area (Å²) < 4.78 is 21.4. The predicted molar refractivity (Wildman–Crippen MR) is 121 cm³/mol. The molecule has 1 saturated carbocycles. The highest BCUT2D eigenvalue weighted by Gasteiger charge is 2.45. The molecule has 30 heavy (non-hydrogen) atoms. The van der Waals surface area contributed by atoms with Gasteiger partial charge in [0.1, 0.15) is 23.4 Å². The van der Waals surface area contributed by atoms with E-state index in [0.29, 0.717) is 21.8 Å². The van der Waals surface area contributed by atoms with Gasteiger partial charge in [-0.15, -0.1) is 0 Å². The van der Waals surface area contributed by atoms with Gasteiger partial charge < -0.3 is 14.6 Å². The summed E-state index contributed by atoms with van der Waals surface area (Å²) in [6.07, 6.45) is 6.43. The number of nitrogens with one attached hydrogen (secondary N) is 1. The molecule has 1 aliphatic carbocycles. The van der Waals surface area contributed by atoms with Crippen molar-refractivity contribution in [1.82, 2.24) is 15.2 Å². The van der Waals surface area contributed by atoms with Gasteiger partial charge in [0.05, 0.1) is 17.3 Å². The van der Waals surface area contributed by atoms with Gasteiger partial charge in [-0.05, 0) is 67.5 Å². The first-order valence-electron chi connectivity index (χ1n) is 10.2. The molecule has 0 bridgehead atoms. The number of aromatic nitrogens is 1. The monoisotopic (exact) mass is 485 g/mol. The Kier molecular flexibility index (Phi) is 5.33. The Morgan fingerprint density at radius 2 is 1.97 bits per heavy atom. The minimum atomic E-state index is -0.320. The molecule has 5 rings (SSSR count). The number of furan rings is 1. The van der Waals surface area contributed by atoms with Crippen molar-refractivity contribution in [2.24, 2.45) is 0 Å². The Balaban J connectivity index is 1.55. The standard InChI is InChI=1S/C23H21BrFN3OS/c24-14-8-9-16(17(25)13-14)19-10-11-20(29-19)22-21(18-7-3-4-12-26-18)27-23(30)28(22)15-5-1-2-6-15/h3-4,7-13,15,21-22H,1-2,5-6H2,(H,27,30)/t21-,22+/m1/s1. The topological polar surface area (TPSA) is 41.3 Å². The van der Waals surface area contributed by atoms with E-state index >= 15 is 0 Å². The van der Waals surface area contributed by atoms with Crippen molar-refractivity contribution in [1.29, 1.82) is 0 Å². The van der Waals surface area contributed by atoms with E-state index in [1.807, 2.05) is 36.4 Å². The fourth-order valence-corrected chi connectivity index (χ4v) is 5.31. The zero-order valence-electron chi connectivity index (χ0n) is 16.2. The maximum atomic E-state index is 14.5. The largest absolute Gasteiger partial charge is 0.459 e. The van der Waals surface area contributed by atoms with E-state index in [-0.39, 0.29) is 17.9 Å². The van der Waals surface area contributed by atoms with Crippen LogP contribution in [-0.4, -0.2) is 21.0 Å². The Bertz CT molecular complexity index is 1070. The van der Waals surface area contributed by atoms with Gasteiger partial charge in [-0.3, -0.25) is 4.98 Å². The van der Waals surface area contributed by atoms with Gasteiger partial charge in [-0.1, -0.05) is 34.8 Å². The van der Waals surface area contributed by atoms with Crippen LogP contribution in [0.3, 0.4) is 0 Å². The first-order valence-corrected chi connectivity index (χ1v) is 11.4. The molecule has 2 fully saturated rings. The molecule has 3 heterocycles. The lowest BCUT2D eigenvalue weighted by molar-refractivity contribution is 0.218. The number of halogens is 2. The molecular formula is C23H21BrFN3OS. The van der Waals surface area contributed by atoms with Crippen LogP contribution in [0, 0.1) is 5.82 Å². The number of rotatable bonds is 4. The van der Waals surface area contributed by atoms with Crippen molar-refractivity contribution in [2.75, 3.05) is 0 Å². The van der Waals surface area contributed by atoms with Gasteiger partial charge in [0.15, 0.2) is 5.11 Å². The lowest BCUT2D eigenvalue weighted by Crippen LogP contribution is -2.37. The third-order valence-electron chi connectivity index (χ3n) is 5.97. The van der Waals surface area contributed by atoms with Gasteiger partial charge in [0, 0.05) is 16.7 Å². The number of hydrogen-bond donors (Lipinski definition) is 1. The summed E-state index contributed by atoms with van der Waals surface area (Å²) in [6.45, 7) is 0. The smallest absolute Gasteiger partial charge is 0.170 e. The Morgan fingerprint density at radius 1 is 1.13 bits per heavy atom. The fraction of sp³-hybridized carbons (Fsp3) is 0.304. The molecule has 0 spiro atoms. The van der Waals surface area contributed by atoms with Crippen molar-refractivity contribution >= 4 is 33.3 Å². The van der Waals surface area contributed by atoms with E-state index in [1.54, 1.807) is 12.3 Å². The number of pyridine rings is 1. The molecular weight excluding hydrogens is 465 g/mol.